The van der Waals surface area contributed by atoms with Gasteiger partial charge in [0, 0.05) is 37.8 Å². The van der Waals surface area contributed by atoms with Gasteiger partial charge in [0.05, 0.1) is 24.2 Å². The van der Waals surface area contributed by atoms with E-state index in [9.17, 15) is 9.18 Å². The van der Waals surface area contributed by atoms with Gasteiger partial charge in [0.15, 0.2) is 5.82 Å². The van der Waals surface area contributed by atoms with Crippen LogP contribution < -0.4 is 10.2 Å². The molecule has 0 radical (unpaired) electrons. The van der Waals surface area contributed by atoms with Crippen molar-refractivity contribution in [1.82, 2.24) is 15.2 Å². The van der Waals surface area contributed by atoms with E-state index < -0.39 is 0 Å². The van der Waals surface area contributed by atoms with Crippen molar-refractivity contribution >= 4 is 22.7 Å². The van der Waals surface area contributed by atoms with Crippen molar-refractivity contribution in [3.8, 4) is 0 Å². The van der Waals surface area contributed by atoms with Crippen LogP contribution in [-0.2, 0) is 0 Å². The molecule has 27 heavy (non-hydrogen) atoms. The van der Waals surface area contributed by atoms with E-state index in [0.29, 0.717) is 31.9 Å². The molecular formula is C20H21FN4O2. The molecule has 2 aromatic heterocycles. The van der Waals surface area contributed by atoms with Crippen molar-refractivity contribution in [2.24, 2.45) is 0 Å². The quantitative estimate of drug-likeness (QED) is 0.768. The summed E-state index contributed by atoms with van der Waals surface area (Å²) in [5.74, 6) is -0.336. The van der Waals surface area contributed by atoms with E-state index in [2.05, 4.69) is 10.3 Å². The second-order valence-corrected chi connectivity index (χ2v) is 6.65. The normalized spacial score (nSPS) is 15.8. The Balaban J connectivity index is 1.38. The molecule has 1 aliphatic heterocycles. The zero-order valence-corrected chi connectivity index (χ0v) is 15.1. The number of anilines is 1. The summed E-state index contributed by atoms with van der Waals surface area (Å²) in [6.45, 7) is 4.20. The van der Waals surface area contributed by atoms with E-state index in [-0.39, 0.29) is 17.9 Å². The van der Waals surface area contributed by atoms with Crippen LogP contribution in [-0.4, -0.2) is 42.1 Å². The minimum atomic E-state index is -0.336. The van der Waals surface area contributed by atoms with Gasteiger partial charge in [-0.15, -0.1) is 0 Å². The molecule has 140 valence electrons. The summed E-state index contributed by atoms with van der Waals surface area (Å²) in [5, 5.41) is 4.06. The van der Waals surface area contributed by atoms with Crippen LogP contribution in [0.3, 0.4) is 0 Å². The number of carbonyl (C=O) groups is 1. The van der Waals surface area contributed by atoms with E-state index in [4.69, 9.17) is 4.42 Å². The van der Waals surface area contributed by atoms with Crippen LogP contribution in [0.2, 0.25) is 0 Å². The van der Waals surface area contributed by atoms with Crippen molar-refractivity contribution < 1.29 is 13.6 Å². The van der Waals surface area contributed by atoms with Crippen molar-refractivity contribution in [2.75, 3.05) is 31.1 Å². The number of rotatable bonds is 3. The number of carbonyl (C=O) groups excluding carboxylic acids is 1. The number of aromatic nitrogens is 1. The average molecular weight is 368 g/mol. The smallest absolute Gasteiger partial charge is 0.317 e. The van der Waals surface area contributed by atoms with E-state index in [0.717, 1.165) is 16.5 Å². The van der Waals surface area contributed by atoms with Crippen molar-refractivity contribution in [2.45, 2.75) is 13.0 Å². The van der Waals surface area contributed by atoms with Gasteiger partial charge in [-0.25, -0.2) is 9.18 Å². The Morgan fingerprint density at radius 2 is 2.04 bits per heavy atom. The van der Waals surface area contributed by atoms with E-state index in [1.54, 1.807) is 23.4 Å². The third-order valence-electron chi connectivity index (χ3n) is 4.99. The monoisotopic (exact) mass is 368 g/mol. The van der Waals surface area contributed by atoms with Crippen LogP contribution in [0, 0.1) is 5.82 Å². The summed E-state index contributed by atoms with van der Waals surface area (Å²) in [7, 11) is 0. The number of halogens is 1. The van der Waals surface area contributed by atoms with Gasteiger partial charge in [-0.2, -0.15) is 0 Å². The zero-order chi connectivity index (χ0) is 18.8. The number of hydrogen-bond acceptors (Lipinski definition) is 4. The van der Waals surface area contributed by atoms with Gasteiger partial charge in [-0.3, -0.25) is 4.98 Å². The molecule has 3 aromatic rings. The molecule has 0 bridgehead atoms. The third-order valence-corrected chi connectivity index (χ3v) is 4.99. The summed E-state index contributed by atoms with van der Waals surface area (Å²) >= 11 is 0. The maximum atomic E-state index is 13.9. The van der Waals surface area contributed by atoms with Gasteiger partial charge in [-0.05, 0) is 30.7 Å². The van der Waals surface area contributed by atoms with Crippen LogP contribution in [0.5, 0.6) is 0 Å². The molecule has 0 saturated carbocycles. The molecule has 3 heterocycles. The maximum absolute atomic E-state index is 13.9. The molecule has 1 atom stereocenters. The number of nitrogens with one attached hydrogen (secondary N) is 1. The van der Waals surface area contributed by atoms with Crippen molar-refractivity contribution in [1.29, 1.82) is 0 Å². The van der Waals surface area contributed by atoms with Crippen LogP contribution in [0.4, 0.5) is 14.9 Å². The Hall–Kier alpha value is -3.09. The molecular weight excluding hydrogens is 347 g/mol. The maximum Gasteiger partial charge on any atom is 0.317 e. The lowest BCUT2D eigenvalue weighted by Gasteiger charge is -2.36. The Morgan fingerprint density at radius 3 is 2.81 bits per heavy atom. The molecule has 1 N–H and O–H groups in total. The lowest BCUT2D eigenvalue weighted by Crippen LogP contribution is -2.52. The van der Waals surface area contributed by atoms with Crippen molar-refractivity contribution in [3.63, 3.8) is 0 Å². The molecule has 0 spiro atoms. The second kappa shape index (κ2) is 7.26. The van der Waals surface area contributed by atoms with Gasteiger partial charge in [0.2, 0.25) is 0 Å². The third kappa shape index (κ3) is 3.45. The van der Waals surface area contributed by atoms with Gasteiger partial charge >= 0.3 is 6.03 Å². The molecule has 1 fully saturated rings. The molecule has 6 nitrogen and oxygen atoms in total. The molecule has 1 aliphatic rings. The highest BCUT2D eigenvalue weighted by molar-refractivity contribution is 5.82. The van der Waals surface area contributed by atoms with Gasteiger partial charge < -0.3 is 19.5 Å². The lowest BCUT2D eigenvalue weighted by molar-refractivity contribution is 0.191. The Kier molecular flexibility index (Phi) is 4.66. The Bertz CT molecular complexity index is 950. The number of nitrogens with zero attached hydrogens (tertiary/aromatic N) is 3. The fourth-order valence-electron chi connectivity index (χ4n) is 3.52. The number of fused-ring (bicyclic) bond motifs is 1. The first kappa shape index (κ1) is 17.3. The fraction of sp³-hybridized carbons (Fsp3) is 0.300. The van der Waals surface area contributed by atoms with Crippen LogP contribution in [0.25, 0.3) is 11.0 Å². The van der Waals surface area contributed by atoms with E-state index in [1.165, 1.54) is 6.20 Å². The minimum Gasteiger partial charge on any atom is -0.464 e. The SMILES string of the molecule is CC(NC(=O)N1CCN(c2ccncc2F)CC1)c1cccc2occc12. The fourth-order valence-corrected chi connectivity index (χ4v) is 3.52. The topological polar surface area (TPSA) is 61.6 Å². The first-order chi connectivity index (χ1) is 13.1. The summed E-state index contributed by atoms with van der Waals surface area (Å²) in [4.78, 5) is 20.1. The predicted molar refractivity (Wildman–Crippen MR) is 101 cm³/mol. The number of hydrogen-bond donors (Lipinski definition) is 1. The molecule has 2 amide bonds. The van der Waals surface area contributed by atoms with Crippen LogP contribution >= 0.6 is 0 Å². The summed E-state index contributed by atoms with van der Waals surface area (Å²) in [6.07, 6.45) is 4.45. The van der Waals surface area contributed by atoms with E-state index in [1.807, 2.05) is 36.1 Å². The molecule has 0 aliphatic carbocycles. The summed E-state index contributed by atoms with van der Waals surface area (Å²) in [5.41, 5.74) is 2.36. The highest BCUT2D eigenvalue weighted by Gasteiger charge is 2.24. The summed E-state index contributed by atoms with van der Waals surface area (Å²) in [6, 6.07) is 9.14. The number of benzene rings is 1. The molecule has 7 heteroatoms. The number of amides is 2. The zero-order valence-electron chi connectivity index (χ0n) is 15.1. The first-order valence-corrected chi connectivity index (χ1v) is 8.99. The highest BCUT2D eigenvalue weighted by Crippen LogP contribution is 2.25. The lowest BCUT2D eigenvalue weighted by atomic mass is 10.0. The largest absolute Gasteiger partial charge is 0.464 e. The van der Waals surface area contributed by atoms with Gasteiger partial charge in [-0.1, -0.05) is 12.1 Å². The molecule has 1 saturated heterocycles. The van der Waals surface area contributed by atoms with Crippen LogP contribution in [0.15, 0.2) is 53.4 Å². The number of furan rings is 1. The first-order valence-electron chi connectivity index (χ1n) is 8.99. The highest BCUT2D eigenvalue weighted by atomic mass is 19.1. The molecule has 1 aromatic carbocycles. The Morgan fingerprint density at radius 1 is 1.22 bits per heavy atom. The number of urea groups is 1. The van der Waals surface area contributed by atoms with Gasteiger partial charge in [0.25, 0.3) is 0 Å². The average Bonchev–Trinajstić information content (AvgIpc) is 3.17. The minimum absolute atomic E-state index is 0.113. The number of pyridine rings is 1. The Labute approximate surface area is 156 Å². The number of piperazine rings is 1. The van der Waals surface area contributed by atoms with E-state index >= 15 is 0 Å². The van der Waals surface area contributed by atoms with Gasteiger partial charge in [0.1, 0.15) is 5.58 Å². The second-order valence-electron chi connectivity index (χ2n) is 6.65. The molecule has 1 unspecified atom stereocenters. The van der Waals surface area contributed by atoms with Crippen molar-refractivity contribution in [3.05, 3.63) is 60.4 Å². The standard InChI is InChI=1S/C20H21FN4O2/c1-14(15-3-2-4-19-16(15)6-12-27-19)23-20(26)25-10-8-24(9-11-25)18-5-7-22-13-17(18)21/h2-7,12-14H,8-11H2,1H3,(H,23,26). The summed E-state index contributed by atoms with van der Waals surface area (Å²) < 4.78 is 19.3. The predicted octanol–water partition coefficient (Wildman–Crippen LogP) is 3.56. The van der Waals surface area contributed by atoms with Crippen LogP contribution in [0.1, 0.15) is 18.5 Å². The molecule has 4 rings (SSSR count).